The summed E-state index contributed by atoms with van der Waals surface area (Å²) in [6.07, 6.45) is 4.92. The normalized spacial score (nSPS) is 29.3. The number of aliphatic carboxylic acids is 1. The Morgan fingerprint density at radius 1 is 1.17 bits per heavy atom. The van der Waals surface area contributed by atoms with Gasteiger partial charge in [0.1, 0.15) is 0 Å². The molecule has 0 bridgehead atoms. The number of carboxylic acids is 1. The second-order valence-corrected chi connectivity index (χ2v) is 6.85. The van der Waals surface area contributed by atoms with Crippen LogP contribution in [0.25, 0.3) is 0 Å². The van der Waals surface area contributed by atoms with E-state index in [0.717, 1.165) is 16.8 Å². The summed E-state index contributed by atoms with van der Waals surface area (Å²) in [7, 11) is 0. The summed E-state index contributed by atoms with van der Waals surface area (Å²) in [6.45, 7) is 1.99. The second kappa shape index (κ2) is 5.19. The number of nitrogens with zero attached hydrogens (tertiary/aromatic N) is 1. The van der Waals surface area contributed by atoms with Gasteiger partial charge in [-0.25, -0.2) is 0 Å². The van der Waals surface area contributed by atoms with Crippen LogP contribution in [0.2, 0.25) is 0 Å². The van der Waals surface area contributed by atoms with Crippen molar-refractivity contribution in [1.29, 1.82) is 0 Å². The molecule has 4 rings (SSSR count). The number of aromatic nitrogens is 1. The Balaban J connectivity index is 1.76. The highest BCUT2D eigenvalue weighted by Gasteiger charge is 2.69. The van der Waals surface area contributed by atoms with Gasteiger partial charge in [-0.15, -0.1) is 0 Å². The lowest BCUT2D eigenvalue weighted by Gasteiger charge is -2.10. The average Bonchev–Trinajstić information content (AvgIpc) is 3.48. The molecule has 118 valence electrons. The summed E-state index contributed by atoms with van der Waals surface area (Å²) in [4.78, 5) is 16.6. The van der Waals surface area contributed by atoms with Crippen molar-refractivity contribution in [3.63, 3.8) is 0 Å². The molecule has 0 aliphatic heterocycles. The molecule has 2 fully saturated rings. The lowest BCUT2D eigenvalue weighted by molar-refractivity contribution is -0.143. The number of carboxylic acid groups (broad SMARTS) is 1. The van der Waals surface area contributed by atoms with Crippen LogP contribution in [0.4, 0.5) is 0 Å². The van der Waals surface area contributed by atoms with Crippen molar-refractivity contribution < 1.29 is 9.90 Å². The lowest BCUT2D eigenvalue weighted by Crippen LogP contribution is -2.17. The summed E-state index contributed by atoms with van der Waals surface area (Å²) >= 11 is 0. The summed E-state index contributed by atoms with van der Waals surface area (Å²) < 4.78 is 0. The van der Waals surface area contributed by atoms with Crippen LogP contribution < -0.4 is 0 Å². The molecule has 3 atom stereocenters. The monoisotopic (exact) mass is 307 g/mol. The Labute approximate surface area is 136 Å². The lowest BCUT2D eigenvalue weighted by atomic mass is 9.94. The molecule has 2 aromatic rings. The molecule has 2 aliphatic rings. The van der Waals surface area contributed by atoms with Gasteiger partial charge in [0.05, 0.1) is 5.41 Å². The van der Waals surface area contributed by atoms with E-state index in [0.29, 0.717) is 12.3 Å². The standard InChI is InChI=1S/C20H21NO2/c1-2-20(19(22)23)17(14-6-4-3-5-7-14)18(20)15-10-11-21-16(12-15)13-8-9-13/h3-7,10-13,17-18H,2,8-9H2,1H3,(H,22,23)/t17-,18-,20+/m0/s1. The van der Waals surface area contributed by atoms with Gasteiger partial charge in [0.2, 0.25) is 0 Å². The van der Waals surface area contributed by atoms with Crippen LogP contribution in [0.3, 0.4) is 0 Å². The highest BCUT2D eigenvalue weighted by atomic mass is 16.4. The van der Waals surface area contributed by atoms with E-state index >= 15 is 0 Å². The van der Waals surface area contributed by atoms with Gasteiger partial charge in [-0.2, -0.15) is 0 Å². The third-order valence-electron chi connectivity index (χ3n) is 5.64. The van der Waals surface area contributed by atoms with Crippen LogP contribution in [0.1, 0.15) is 60.8 Å². The molecule has 2 saturated carbocycles. The van der Waals surface area contributed by atoms with Gasteiger partial charge < -0.3 is 5.11 Å². The Bertz CT molecular complexity index is 738. The Morgan fingerprint density at radius 2 is 1.87 bits per heavy atom. The summed E-state index contributed by atoms with van der Waals surface area (Å²) in [6, 6.07) is 14.2. The fraction of sp³-hybridized carbons (Fsp3) is 0.400. The SMILES string of the molecule is CC[C@@]1(C(=O)O)[C@@H](c2ccccc2)[C@@H]1c1ccnc(C2CC2)c1. The zero-order chi connectivity index (χ0) is 16.0. The molecule has 1 aromatic heterocycles. The molecule has 0 unspecified atom stereocenters. The molecular weight excluding hydrogens is 286 g/mol. The Kier molecular flexibility index (Phi) is 3.26. The minimum atomic E-state index is -0.677. The molecule has 1 aromatic carbocycles. The van der Waals surface area contributed by atoms with E-state index in [2.05, 4.69) is 23.2 Å². The smallest absolute Gasteiger partial charge is 0.310 e. The minimum Gasteiger partial charge on any atom is -0.481 e. The van der Waals surface area contributed by atoms with Crippen LogP contribution in [0.15, 0.2) is 48.7 Å². The number of benzene rings is 1. The van der Waals surface area contributed by atoms with Crippen molar-refractivity contribution in [1.82, 2.24) is 4.98 Å². The van der Waals surface area contributed by atoms with Gasteiger partial charge in [0.25, 0.3) is 0 Å². The number of hydrogen-bond donors (Lipinski definition) is 1. The molecule has 0 radical (unpaired) electrons. The first kappa shape index (κ1) is 14.4. The van der Waals surface area contributed by atoms with E-state index in [1.165, 1.54) is 12.8 Å². The number of hydrogen-bond acceptors (Lipinski definition) is 2. The maximum Gasteiger partial charge on any atom is 0.310 e. The molecular formula is C20H21NO2. The fourth-order valence-electron chi connectivity index (χ4n) is 4.20. The van der Waals surface area contributed by atoms with E-state index in [1.54, 1.807) is 0 Å². The van der Waals surface area contributed by atoms with Gasteiger partial charge in [0, 0.05) is 29.6 Å². The molecule has 0 saturated heterocycles. The molecule has 3 heteroatoms. The molecule has 0 spiro atoms. The largest absolute Gasteiger partial charge is 0.481 e. The molecule has 2 aliphatic carbocycles. The topological polar surface area (TPSA) is 50.2 Å². The van der Waals surface area contributed by atoms with Gasteiger partial charge >= 0.3 is 5.97 Å². The van der Waals surface area contributed by atoms with Crippen molar-refractivity contribution in [2.45, 2.75) is 43.9 Å². The number of carbonyl (C=O) groups is 1. The molecule has 23 heavy (non-hydrogen) atoms. The number of pyridine rings is 1. The predicted octanol–water partition coefficient (Wildman–Crippen LogP) is 4.32. The van der Waals surface area contributed by atoms with Crippen molar-refractivity contribution in [2.75, 3.05) is 0 Å². The zero-order valence-corrected chi connectivity index (χ0v) is 13.3. The maximum atomic E-state index is 12.1. The van der Waals surface area contributed by atoms with E-state index in [-0.39, 0.29) is 11.8 Å². The Morgan fingerprint density at radius 3 is 2.48 bits per heavy atom. The van der Waals surface area contributed by atoms with E-state index in [4.69, 9.17) is 0 Å². The van der Waals surface area contributed by atoms with Gasteiger partial charge in [-0.1, -0.05) is 37.3 Å². The average molecular weight is 307 g/mol. The van der Waals surface area contributed by atoms with Crippen molar-refractivity contribution in [3.05, 3.63) is 65.5 Å². The molecule has 0 amide bonds. The molecule has 1 heterocycles. The molecule has 1 N–H and O–H groups in total. The van der Waals surface area contributed by atoms with E-state index in [1.807, 2.05) is 37.4 Å². The van der Waals surface area contributed by atoms with Gasteiger partial charge in [0.15, 0.2) is 0 Å². The molecule has 3 nitrogen and oxygen atoms in total. The second-order valence-electron chi connectivity index (χ2n) is 6.85. The van der Waals surface area contributed by atoms with Crippen molar-refractivity contribution in [3.8, 4) is 0 Å². The predicted molar refractivity (Wildman–Crippen MR) is 88.5 cm³/mol. The fourth-order valence-corrected chi connectivity index (χ4v) is 4.20. The first-order valence-electron chi connectivity index (χ1n) is 8.42. The summed E-state index contributed by atoms with van der Waals surface area (Å²) in [5, 5.41) is 9.94. The van der Waals surface area contributed by atoms with Crippen LogP contribution >= 0.6 is 0 Å². The first-order chi connectivity index (χ1) is 11.2. The van der Waals surface area contributed by atoms with Gasteiger partial charge in [-0.3, -0.25) is 9.78 Å². The third kappa shape index (κ3) is 2.18. The zero-order valence-electron chi connectivity index (χ0n) is 13.3. The summed E-state index contributed by atoms with van der Waals surface area (Å²) in [5.41, 5.74) is 2.73. The summed E-state index contributed by atoms with van der Waals surface area (Å²) in [5.74, 6) is 0.0157. The quantitative estimate of drug-likeness (QED) is 0.895. The van der Waals surface area contributed by atoms with Gasteiger partial charge in [-0.05, 0) is 42.5 Å². The Hall–Kier alpha value is -2.16. The van der Waals surface area contributed by atoms with Crippen molar-refractivity contribution in [2.24, 2.45) is 5.41 Å². The first-order valence-corrected chi connectivity index (χ1v) is 8.42. The van der Waals surface area contributed by atoms with Crippen molar-refractivity contribution >= 4 is 5.97 Å². The van der Waals surface area contributed by atoms with Crippen LogP contribution in [0, 0.1) is 5.41 Å². The highest BCUT2D eigenvalue weighted by molar-refractivity contribution is 5.84. The van der Waals surface area contributed by atoms with Crippen LogP contribution in [-0.2, 0) is 4.79 Å². The van der Waals surface area contributed by atoms with Crippen LogP contribution in [-0.4, -0.2) is 16.1 Å². The maximum absolute atomic E-state index is 12.1. The van der Waals surface area contributed by atoms with Crippen LogP contribution in [0.5, 0.6) is 0 Å². The highest BCUT2D eigenvalue weighted by Crippen LogP contribution is 2.72. The third-order valence-corrected chi connectivity index (χ3v) is 5.64. The number of rotatable bonds is 5. The van der Waals surface area contributed by atoms with E-state index < -0.39 is 11.4 Å². The van der Waals surface area contributed by atoms with E-state index in [9.17, 15) is 9.90 Å². The minimum absolute atomic E-state index is 0.0490.